The Labute approximate surface area is 100 Å². The number of hydrogen-bond acceptors (Lipinski definition) is 3. The molecule has 0 amide bonds. The SMILES string of the molecule is COC(c1ccccc1)C(O)c1ccnn1C. The first kappa shape index (κ1) is 11.8. The molecule has 0 saturated heterocycles. The van der Waals surface area contributed by atoms with Crippen molar-refractivity contribution in [1.29, 1.82) is 0 Å². The van der Waals surface area contributed by atoms with Gasteiger partial charge < -0.3 is 9.84 Å². The number of rotatable bonds is 4. The van der Waals surface area contributed by atoms with Crippen LogP contribution in [-0.4, -0.2) is 22.0 Å². The minimum absolute atomic E-state index is 0.383. The minimum Gasteiger partial charge on any atom is -0.384 e. The number of methoxy groups -OCH3 is 1. The predicted molar refractivity (Wildman–Crippen MR) is 64.4 cm³/mol. The van der Waals surface area contributed by atoms with E-state index in [1.807, 2.05) is 30.3 Å². The fraction of sp³-hybridized carbons (Fsp3) is 0.308. The Bertz CT molecular complexity index is 467. The van der Waals surface area contributed by atoms with E-state index in [1.54, 1.807) is 31.1 Å². The van der Waals surface area contributed by atoms with Crippen molar-refractivity contribution in [2.24, 2.45) is 7.05 Å². The third kappa shape index (κ3) is 2.38. The molecule has 0 aliphatic rings. The van der Waals surface area contributed by atoms with Gasteiger partial charge in [-0.05, 0) is 11.6 Å². The van der Waals surface area contributed by atoms with Crippen LogP contribution in [-0.2, 0) is 11.8 Å². The van der Waals surface area contributed by atoms with Gasteiger partial charge in [0.1, 0.15) is 12.2 Å². The van der Waals surface area contributed by atoms with Crippen LogP contribution in [0.5, 0.6) is 0 Å². The van der Waals surface area contributed by atoms with Crippen molar-refractivity contribution in [3.8, 4) is 0 Å². The van der Waals surface area contributed by atoms with Gasteiger partial charge in [-0.3, -0.25) is 4.68 Å². The summed E-state index contributed by atoms with van der Waals surface area (Å²) < 4.78 is 7.04. The number of ether oxygens (including phenoxy) is 1. The monoisotopic (exact) mass is 232 g/mol. The molecule has 1 heterocycles. The zero-order valence-corrected chi connectivity index (χ0v) is 9.95. The normalized spacial score (nSPS) is 14.5. The highest BCUT2D eigenvalue weighted by molar-refractivity contribution is 5.21. The molecule has 2 aromatic rings. The van der Waals surface area contributed by atoms with Crippen molar-refractivity contribution in [3.05, 3.63) is 53.9 Å². The minimum atomic E-state index is -0.727. The summed E-state index contributed by atoms with van der Waals surface area (Å²) in [6, 6.07) is 11.5. The standard InChI is InChI=1S/C13H16N2O2/c1-15-11(8-9-14-15)12(16)13(17-2)10-6-4-3-5-7-10/h3-9,12-13,16H,1-2H3. The molecule has 1 aromatic heterocycles. The van der Waals surface area contributed by atoms with Gasteiger partial charge in [0, 0.05) is 20.4 Å². The van der Waals surface area contributed by atoms with Crippen LogP contribution in [0.25, 0.3) is 0 Å². The number of benzene rings is 1. The Balaban J connectivity index is 2.28. The molecule has 90 valence electrons. The summed E-state index contributed by atoms with van der Waals surface area (Å²) >= 11 is 0. The van der Waals surface area contributed by atoms with Crippen LogP contribution in [0.2, 0.25) is 0 Å². The Kier molecular flexibility index (Phi) is 3.56. The average Bonchev–Trinajstić information content (AvgIpc) is 2.77. The molecule has 2 unspecified atom stereocenters. The molecular weight excluding hydrogens is 216 g/mol. The second-order valence-electron chi connectivity index (χ2n) is 3.89. The first-order valence-corrected chi connectivity index (χ1v) is 5.47. The number of hydrogen-bond donors (Lipinski definition) is 1. The van der Waals surface area contributed by atoms with E-state index in [4.69, 9.17) is 4.74 Å². The maximum Gasteiger partial charge on any atom is 0.126 e. The summed E-state index contributed by atoms with van der Waals surface area (Å²) in [4.78, 5) is 0. The molecule has 2 rings (SSSR count). The summed E-state index contributed by atoms with van der Waals surface area (Å²) in [5.41, 5.74) is 1.68. The van der Waals surface area contributed by atoms with E-state index in [2.05, 4.69) is 5.10 Å². The van der Waals surface area contributed by atoms with Crippen LogP contribution in [0.1, 0.15) is 23.5 Å². The number of aromatic nitrogens is 2. The maximum atomic E-state index is 10.3. The Hall–Kier alpha value is -1.65. The van der Waals surface area contributed by atoms with Crippen LogP contribution < -0.4 is 0 Å². The van der Waals surface area contributed by atoms with Gasteiger partial charge in [-0.1, -0.05) is 30.3 Å². The lowest BCUT2D eigenvalue weighted by atomic mass is 10.0. The predicted octanol–water partition coefficient (Wildman–Crippen LogP) is 1.84. The fourth-order valence-electron chi connectivity index (χ4n) is 1.92. The number of nitrogens with zero attached hydrogens (tertiary/aromatic N) is 2. The average molecular weight is 232 g/mol. The number of aliphatic hydroxyl groups excluding tert-OH is 1. The zero-order valence-electron chi connectivity index (χ0n) is 9.95. The zero-order chi connectivity index (χ0) is 12.3. The Morgan fingerprint density at radius 1 is 1.24 bits per heavy atom. The molecule has 0 aliphatic heterocycles. The Morgan fingerprint density at radius 3 is 2.47 bits per heavy atom. The molecule has 0 radical (unpaired) electrons. The van der Waals surface area contributed by atoms with Crippen LogP contribution in [0.15, 0.2) is 42.6 Å². The van der Waals surface area contributed by atoms with E-state index in [0.29, 0.717) is 0 Å². The second-order valence-corrected chi connectivity index (χ2v) is 3.89. The molecule has 0 spiro atoms. The number of aryl methyl sites for hydroxylation is 1. The molecule has 0 bridgehead atoms. The third-order valence-corrected chi connectivity index (χ3v) is 2.83. The van der Waals surface area contributed by atoms with Gasteiger partial charge in [-0.15, -0.1) is 0 Å². The van der Waals surface area contributed by atoms with E-state index in [-0.39, 0.29) is 6.10 Å². The molecule has 1 aromatic carbocycles. The largest absolute Gasteiger partial charge is 0.384 e. The summed E-state index contributed by atoms with van der Waals surface area (Å²) in [6.07, 6.45) is 0.553. The van der Waals surface area contributed by atoms with Crippen molar-refractivity contribution in [2.45, 2.75) is 12.2 Å². The van der Waals surface area contributed by atoms with Gasteiger partial charge in [-0.25, -0.2) is 0 Å². The van der Waals surface area contributed by atoms with Gasteiger partial charge in [0.25, 0.3) is 0 Å². The highest BCUT2D eigenvalue weighted by Crippen LogP contribution is 2.30. The molecule has 0 fully saturated rings. The molecule has 4 nitrogen and oxygen atoms in total. The van der Waals surface area contributed by atoms with Gasteiger partial charge in [-0.2, -0.15) is 5.10 Å². The van der Waals surface area contributed by atoms with Crippen LogP contribution in [0.4, 0.5) is 0 Å². The van der Waals surface area contributed by atoms with Gasteiger partial charge >= 0.3 is 0 Å². The van der Waals surface area contributed by atoms with Crippen LogP contribution >= 0.6 is 0 Å². The molecule has 17 heavy (non-hydrogen) atoms. The van der Waals surface area contributed by atoms with Crippen LogP contribution in [0, 0.1) is 0 Å². The lowest BCUT2D eigenvalue weighted by Crippen LogP contribution is -2.16. The van der Waals surface area contributed by atoms with E-state index >= 15 is 0 Å². The van der Waals surface area contributed by atoms with E-state index in [1.165, 1.54) is 0 Å². The Morgan fingerprint density at radius 2 is 1.94 bits per heavy atom. The van der Waals surface area contributed by atoms with Crippen molar-refractivity contribution in [3.63, 3.8) is 0 Å². The van der Waals surface area contributed by atoms with Crippen molar-refractivity contribution < 1.29 is 9.84 Å². The van der Waals surface area contributed by atoms with Gasteiger partial charge in [0.15, 0.2) is 0 Å². The topological polar surface area (TPSA) is 47.3 Å². The summed E-state index contributed by atoms with van der Waals surface area (Å²) in [5.74, 6) is 0. The maximum absolute atomic E-state index is 10.3. The highest BCUT2D eigenvalue weighted by Gasteiger charge is 2.24. The first-order valence-electron chi connectivity index (χ1n) is 5.47. The quantitative estimate of drug-likeness (QED) is 0.875. The van der Waals surface area contributed by atoms with E-state index < -0.39 is 6.10 Å². The summed E-state index contributed by atoms with van der Waals surface area (Å²) in [6.45, 7) is 0. The smallest absolute Gasteiger partial charge is 0.126 e. The fourth-order valence-corrected chi connectivity index (χ4v) is 1.92. The molecule has 1 N–H and O–H groups in total. The van der Waals surface area contributed by atoms with E-state index in [0.717, 1.165) is 11.3 Å². The van der Waals surface area contributed by atoms with E-state index in [9.17, 15) is 5.11 Å². The molecule has 0 saturated carbocycles. The highest BCUT2D eigenvalue weighted by atomic mass is 16.5. The lowest BCUT2D eigenvalue weighted by molar-refractivity contribution is -0.0187. The summed E-state index contributed by atoms with van der Waals surface area (Å²) in [7, 11) is 3.40. The molecule has 2 atom stereocenters. The molecule has 4 heteroatoms. The molecule has 0 aliphatic carbocycles. The van der Waals surface area contributed by atoms with Crippen molar-refractivity contribution in [2.75, 3.05) is 7.11 Å². The van der Waals surface area contributed by atoms with Gasteiger partial charge in [0.05, 0.1) is 5.69 Å². The third-order valence-electron chi connectivity index (χ3n) is 2.83. The summed E-state index contributed by atoms with van der Waals surface area (Å²) in [5, 5.41) is 14.4. The van der Waals surface area contributed by atoms with Crippen molar-refractivity contribution >= 4 is 0 Å². The lowest BCUT2D eigenvalue weighted by Gasteiger charge is -2.22. The second kappa shape index (κ2) is 5.12. The van der Waals surface area contributed by atoms with Crippen molar-refractivity contribution in [1.82, 2.24) is 9.78 Å². The first-order chi connectivity index (χ1) is 8.24. The van der Waals surface area contributed by atoms with Crippen LogP contribution in [0.3, 0.4) is 0 Å². The van der Waals surface area contributed by atoms with Gasteiger partial charge in [0.2, 0.25) is 0 Å². The molecular formula is C13H16N2O2. The number of aliphatic hydroxyl groups is 1.